The third-order valence-electron chi connectivity index (χ3n) is 6.87. The zero-order chi connectivity index (χ0) is 22.6. The highest BCUT2D eigenvalue weighted by molar-refractivity contribution is 7.88. The first kappa shape index (κ1) is 23.3. The molecule has 0 spiro atoms. The fourth-order valence-corrected chi connectivity index (χ4v) is 5.72. The molecule has 174 valence electrons. The second-order valence-corrected chi connectivity index (χ2v) is 11.3. The van der Waals surface area contributed by atoms with Crippen molar-refractivity contribution in [2.24, 2.45) is 0 Å². The summed E-state index contributed by atoms with van der Waals surface area (Å²) in [6, 6.07) is 15.2. The Morgan fingerprint density at radius 1 is 1.00 bits per heavy atom. The van der Waals surface area contributed by atoms with Crippen LogP contribution in [0.5, 0.6) is 5.75 Å². The molecule has 0 bridgehead atoms. The van der Waals surface area contributed by atoms with E-state index in [4.69, 9.17) is 4.74 Å². The lowest BCUT2D eigenvalue weighted by Gasteiger charge is -2.32. The number of fused-ring (bicyclic) bond motifs is 1. The number of rotatable bonds is 7. The quantitative estimate of drug-likeness (QED) is 0.581. The van der Waals surface area contributed by atoms with E-state index in [1.165, 1.54) is 35.8 Å². The summed E-state index contributed by atoms with van der Waals surface area (Å²) in [6.45, 7) is 7.23. The molecular formula is C26H36N2O3S. The molecule has 0 aromatic heterocycles. The van der Waals surface area contributed by atoms with Gasteiger partial charge in [-0.1, -0.05) is 35.9 Å². The average molecular weight is 457 g/mol. The molecule has 2 heterocycles. The molecule has 5 nitrogen and oxygen atoms in total. The molecule has 6 heteroatoms. The van der Waals surface area contributed by atoms with Crippen molar-refractivity contribution < 1.29 is 13.2 Å². The van der Waals surface area contributed by atoms with Crippen LogP contribution in [0.1, 0.15) is 53.9 Å². The molecule has 0 aliphatic carbocycles. The Balaban J connectivity index is 1.22. The Morgan fingerprint density at radius 2 is 1.75 bits per heavy atom. The molecule has 0 unspecified atom stereocenters. The predicted molar refractivity (Wildman–Crippen MR) is 130 cm³/mol. The second-order valence-electron chi connectivity index (χ2n) is 9.36. The molecule has 4 rings (SSSR count). The Bertz CT molecular complexity index is 996. The summed E-state index contributed by atoms with van der Waals surface area (Å²) in [5, 5.41) is 0. The maximum Gasteiger partial charge on any atom is 0.211 e. The predicted octanol–water partition coefficient (Wildman–Crippen LogP) is 4.35. The lowest BCUT2D eigenvalue weighted by atomic mass is 9.89. The van der Waals surface area contributed by atoms with Crippen LogP contribution in [-0.4, -0.2) is 56.7 Å². The van der Waals surface area contributed by atoms with Crippen LogP contribution in [-0.2, 0) is 23.0 Å². The van der Waals surface area contributed by atoms with E-state index in [0.717, 1.165) is 50.2 Å². The molecule has 2 aromatic carbocycles. The molecule has 0 N–H and O–H groups in total. The first-order valence-corrected chi connectivity index (χ1v) is 13.7. The number of aryl methyl sites for hydroxylation is 2. The largest absolute Gasteiger partial charge is 0.494 e. The Kier molecular flexibility index (Phi) is 7.54. The van der Waals surface area contributed by atoms with Crippen molar-refractivity contribution in [3.05, 3.63) is 64.7 Å². The van der Waals surface area contributed by atoms with Crippen molar-refractivity contribution >= 4 is 10.0 Å². The van der Waals surface area contributed by atoms with Crippen molar-refractivity contribution in [1.82, 2.24) is 9.21 Å². The molecule has 0 radical (unpaired) electrons. The highest BCUT2D eigenvalue weighted by Gasteiger charge is 2.22. The maximum atomic E-state index is 12.0. The van der Waals surface area contributed by atoms with Crippen LogP contribution < -0.4 is 4.74 Å². The van der Waals surface area contributed by atoms with Crippen molar-refractivity contribution in [3.8, 4) is 5.75 Å². The smallest absolute Gasteiger partial charge is 0.211 e. The Labute approximate surface area is 193 Å². The summed E-state index contributed by atoms with van der Waals surface area (Å²) in [4.78, 5) is 2.55. The minimum absolute atomic E-state index is 0.446. The number of sulfonamides is 1. The normalized spacial score (nSPS) is 18.8. The topological polar surface area (TPSA) is 49.9 Å². The van der Waals surface area contributed by atoms with E-state index >= 15 is 0 Å². The molecule has 1 saturated heterocycles. The van der Waals surface area contributed by atoms with Gasteiger partial charge in [0.05, 0.1) is 12.9 Å². The number of hydrogen-bond acceptors (Lipinski definition) is 4. The lowest BCUT2D eigenvalue weighted by molar-refractivity contribution is 0.193. The van der Waals surface area contributed by atoms with Crippen LogP contribution in [0, 0.1) is 6.92 Å². The lowest BCUT2D eigenvalue weighted by Crippen LogP contribution is -2.34. The van der Waals surface area contributed by atoms with E-state index in [-0.39, 0.29) is 0 Å². The van der Waals surface area contributed by atoms with Crippen LogP contribution in [0.3, 0.4) is 0 Å². The average Bonchev–Trinajstić information content (AvgIpc) is 3.00. The minimum atomic E-state index is -3.17. The zero-order valence-electron chi connectivity index (χ0n) is 19.4. The van der Waals surface area contributed by atoms with E-state index < -0.39 is 10.0 Å². The minimum Gasteiger partial charge on any atom is -0.494 e. The summed E-state index contributed by atoms with van der Waals surface area (Å²) in [5.74, 6) is 1.53. The molecular weight excluding hydrogens is 420 g/mol. The van der Waals surface area contributed by atoms with Crippen LogP contribution in [0.25, 0.3) is 0 Å². The molecule has 0 saturated carbocycles. The van der Waals surface area contributed by atoms with Gasteiger partial charge < -0.3 is 9.64 Å². The van der Waals surface area contributed by atoms with Crippen LogP contribution in [0.2, 0.25) is 0 Å². The van der Waals surface area contributed by atoms with Gasteiger partial charge in [0.1, 0.15) is 5.75 Å². The van der Waals surface area contributed by atoms with Gasteiger partial charge in [0.25, 0.3) is 0 Å². The molecule has 0 amide bonds. The van der Waals surface area contributed by atoms with Gasteiger partial charge in [-0.3, -0.25) is 0 Å². The Hall–Kier alpha value is -1.89. The third-order valence-corrected chi connectivity index (χ3v) is 8.12. The zero-order valence-corrected chi connectivity index (χ0v) is 20.2. The van der Waals surface area contributed by atoms with Crippen molar-refractivity contribution in [1.29, 1.82) is 0 Å². The number of benzene rings is 2. The highest BCUT2D eigenvalue weighted by atomic mass is 32.2. The SMILES string of the molecule is Cc1ccc(C2CCN(CCCOc3ccc4c(c3)CN(S(C)(=O)=O)CCC4)CC2)cc1. The van der Waals surface area contributed by atoms with Gasteiger partial charge in [0.2, 0.25) is 10.0 Å². The molecule has 1 fully saturated rings. The van der Waals surface area contributed by atoms with E-state index in [0.29, 0.717) is 25.6 Å². The van der Waals surface area contributed by atoms with Gasteiger partial charge in [0, 0.05) is 19.6 Å². The van der Waals surface area contributed by atoms with Crippen molar-refractivity contribution in [3.63, 3.8) is 0 Å². The first-order chi connectivity index (χ1) is 15.4. The van der Waals surface area contributed by atoms with Gasteiger partial charge >= 0.3 is 0 Å². The van der Waals surface area contributed by atoms with E-state index in [9.17, 15) is 8.42 Å². The molecule has 32 heavy (non-hydrogen) atoms. The fourth-order valence-electron chi connectivity index (χ4n) is 4.89. The second kappa shape index (κ2) is 10.4. The number of hydrogen-bond donors (Lipinski definition) is 0. The molecule has 2 aliphatic rings. The molecule has 2 aromatic rings. The van der Waals surface area contributed by atoms with Crippen molar-refractivity contribution in [2.75, 3.05) is 39.0 Å². The van der Waals surface area contributed by atoms with Crippen LogP contribution >= 0.6 is 0 Å². The van der Waals surface area contributed by atoms with Gasteiger partial charge in [0.15, 0.2) is 0 Å². The highest BCUT2D eigenvalue weighted by Crippen LogP contribution is 2.28. The summed E-state index contributed by atoms with van der Waals surface area (Å²) < 4.78 is 31.6. The van der Waals surface area contributed by atoms with Gasteiger partial charge in [-0.2, -0.15) is 4.31 Å². The molecule has 2 aliphatic heterocycles. The monoisotopic (exact) mass is 456 g/mol. The van der Waals surface area contributed by atoms with Gasteiger partial charge in [-0.05, 0) is 86.9 Å². The van der Waals surface area contributed by atoms with E-state index in [1.807, 2.05) is 12.1 Å². The van der Waals surface area contributed by atoms with E-state index in [2.05, 4.69) is 42.2 Å². The third kappa shape index (κ3) is 6.12. The van der Waals surface area contributed by atoms with Crippen molar-refractivity contribution in [2.45, 2.75) is 51.5 Å². The number of ether oxygens (including phenoxy) is 1. The van der Waals surface area contributed by atoms with Gasteiger partial charge in [-0.25, -0.2) is 8.42 Å². The van der Waals surface area contributed by atoms with Crippen LogP contribution in [0.15, 0.2) is 42.5 Å². The number of nitrogens with zero attached hydrogens (tertiary/aromatic N) is 2. The number of piperidine rings is 1. The first-order valence-electron chi connectivity index (χ1n) is 11.9. The summed E-state index contributed by atoms with van der Waals surface area (Å²) in [5.41, 5.74) is 5.12. The van der Waals surface area contributed by atoms with Crippen LogP contribution in [0.4, 0.5) is 0 Å². The molecule has 0 atom stereocenters. The number of likely N-dealkylation sites (tertiary alicyclic amines) is 1. The Morgan fingerprint density at radius 3 is 2.47 bits per heavy atom. The fraction of sp³-hybridized carbons (Fsp3) is 0.538. The maximum absolute atomic E-state index is 12.0. The summed E-state index contributed by atoms with van der Waals surface area (Å²) in [6.07, 6.45) is 6.53. The standard InChI is InChI=1S/C26H36N2O3S/c1-21-6-8-23(9-7-21)24-12-16-27(17-13-24)14-4-18-31-26-11-10-22-5-3-15-28(32(2,29)30)20-25(22)19-26/h6-11,19,24H,3-5,12-18,20H2,1-2H3. The van der Waals surface area contributed by atoms with Gasteiger partial charge in [-0.15, -0.1) is 0 Å². The summed E-state index contributed by atoms with van der Waals surface area (Å²) >= 11 is 0. The summed E-state index contributed by atoms with van der Waals surface area (Å²) in [7, 11) is -3.17. The van der Waals surface area contributed by atoms with E-state index in [1.54, 1.807) is 4.31 Å².